The number of H-pyrrole nitrogens is 1. The highest BCUT2D eigenvalue weighted by atomic mass is 32.1. The second kappa shape index (κ2) is 8.99. The molecule has 0 unspecified atom stereocenters. The zero-order valence-corrected chi connectivity index (χ0v) is 17.4. The van der Waals surface area contributed by atoms with Gasteiger partial charge >= 0.3 is 0 Å². The van der Waals surface area contributed by atoms with Crippen molar-refractivity contribution in [3.63, 3.8) is 0 Å². The highest BCUT2D eigenvalue weighted by Gasteiger charge is 2.21. The Hall–Kier alpha value is -3.02. The van der Waals surface area contributed by atoms with Crippen LogP contribution in [0.3, 0.4) is 0 Å². The molecule has 0 radical (unpaired) electrons. The minimum absolute atomic E-state index is 0.0791. The smallest absolute Gasteiger partial charge is 0.266 e. The number of aromatic amines is 1. The summed E-state index contributed by atoms with van der Waals surface area (Å²) in [4.78, 5) is 33.9. The quantitative estimate of drug-likeness (QED) is 0.645. The lowest BCUT2D eigenvalue weighted by molar-refractivity contribution is -0.118. The number of pyridine rings is 1. The number of carbonyl (C=O) groups is 1. The van der Waals surface area contributed by atoms with Crippen LogP contribution >= 0.6 is 11.3 Å². The van der Waals surface area contributed by atoms with Crippen LogP contribution in [0.1, 0.15) is 28.8 Å². The van der Waals surface area contributed by atoms with Gasteiger partial charge in [0.05, 0.1) is 23.4 Å². The van der Waals surface area contributed by atoms with Crippen molar-refractivity contribution >= 4 is 32.6 Å². The fraction of sp³-hybridized carbons (Fsp3) is 0.333. The SMILES string of the molecule is COCCN(C(=O)CCc1c(C)[nH]c(=O)c(C#N)c1C)c1nc2ccccc2s1. The van der Waals surface area contributed by atoms with E-state index in [9.17, 15) is 14.9 Å². The fourth-order valence-electron chi connectivity index (χ4n) is 3.27. The van der Waals surface area contributed by atoms with Crippen molar-refractivity contribution in [2.24, 2.45) is 0 Å². The Labute approximate surface area is 172 Å². The van der Waals surface area contributed by atoms with E-state index in [1.165, 1.54) is 11.3 Å². The number of carbonyl (C=O) groups excluding carboxylic acids is 1. The molecular weight excluding hydrogens is 388 g/mol. The van der Waals surface area contributed by atoms with Crippen molar-refractivity contribution in [2.45, 2.75) is 26.7 Å². The van der Waals surface area contributed by atoms with E-state index in [1.54, 1.807) is 25.9 Å². The molecule has 3 aromatic rings. The predicted molar refractivity (Wildman–Crippen MR) is 113 cm³/mol. The first-order valence-electron chi connectivity index (χ1n) is 9.23. The number of hydrogen-bond acceptors (Lipinski definition) is 6. The summed E-state index contributed by atoms with van der Waals surface area (Å²) < 4.78 is 6.19. The van der Waals surface area contributed by atoms with E-state index in [1.807, 2.05) is 30.3 Å². The zero-order chi connectivity index (χ0) is 21.0. The van der Waals surface area contributed by atoms with Crippen LogP contribution in [0.2, 0.25) is 0 Å². The summed E-state index contributed by atoms with van der Waals surface area (Å²) in [6.45, 7) is 4.33. The maximum Gasteiger partial charge on any atom is 0.266 e. The molecule has 0 aliphatic carbocycles. The number of para-hydroxylation sites is 1. The third kappa shape index (κ3) is 4.36. The number of aromatic nitrogens is 2. The van der Waals surface area contributed by atoms with Crippen LogP contribution < -0.4 is 10.5 Å². The van der Waals surface area contributed by atoms with Gasteiger partial charge in [0.1, 0.15) is 11.6 Å². The lowest BCUT2D eigenvalue weighted by Crippen LogP contribution is -2.34. The van der Waals surface area contributed by atoms with Crippen molar-refractivity contribution in [3.05, 3.63) is 57.0 Å². The highest BCUT2D eigenvalue weighted by Crippen LogP contribution is 2.29. The van der Waals surface area contributed by atoms with Crippen molar-refractivity contribution in [2.75, 3.05) is 25.2 Å². The number of thiazole rings is 1. The van der Waals surface area contributed by atoms with Gasteiger partial charge in [-0.25, -0.2) is 4.98 Å². The molecule has 0 aliphatic heterocycles. The van der Waals surface area contributed by atoms with Crippen LogP contribution in [-0.4, -0.2) is 36.1 Å². The number of nitrogens with zero attached hydrogens (tertiary/aromatic N) is 3. The average Bonchev–Trinajstić information content (AvgIpc) is 3.12. The van der Waals surface area contributed by atoms with Crippen molar-refractivity contribution in [1.29, 1.82) is 5.26 Å². The molecule has 0 spiro atoms. The van der Waals surface area contributed by atoms with Crippen LogP contribution in [0.25, 0.3) is 10.2 Å². The lowest BCUT2D eigenvalue weighted by atomic mass is 9.99. The van der Waals surface area contributed by atoms with Crippen molar-refractivity contribution in [1.82, 2.24) is 9.97 Å². The normalized spacial score (nSPS) is 10.8. The Morgan fingerprint density at radius 2 is 2.10 bits per heavy atom. The molecule has 0 saturated carbocycles. The summed E-state index contributed by atoms with van der Waals surface area (Å²) in [5.41, 5.74) is 2.70. The molecule has 2 heterocycles. The van der Waals surface area contributed by atoms with Gasteiger partial charge in [0.2, 0.25) is 5.91 Å². The standard InChI is InChI=1S/C21H22N4O3S/c1-13-15(14(2)23-20(27)16(13)12-22)8-9-19(26)25(10-11-28-3)21-24-17-6-4-5-7-18(17)29-21/h4-7H,8-11H2,1-3H3,(H,23,27). The van der Waals surface area contributed by atoms with Gasteiger partial charge in [-0.05, 0) is 43.5 Å². The Balaban J connectivity index is 1.84. The maximum absolute atomic E-state index is 13.0. The van der Waals surface area contributed by atoms with Gasteiger partial charge in [0.15, 0.2) is 5.13 Å². The van der Waals surface area contributed by atoms with Crippen LogP contribution in [0.15, 0.2) is 29.1 Å². The van der Waals surface area contributed by atoms with E-state index in [2.05, 4.69) is 9.97 Å². The number of hydrogen-bond donors (Lipinski definition) is 1. The van der Waals surface area contributed by atoms with Gasteiger partial charge in [-0.1, -0.05) is 23.5 Å². The maximum atomic E-state index is 13.0. The van der Waals surface area contributed by atoms with Gasteiger partial charge < -0.3 is 9.72 Å². The van der Waals surface area contributed by atoms with Crippen LogP contribution in [0.4, 0.5) is 5.13 Å². The van der Waals surface area contributed by atoms with E-state index in [4.69, 9.17) is 4.74 Å². The van der Waals surface area contributed by atoms with E-state index in [0.717, 1.165) is 15.8 Å². The minimum Gasteiger partial charge on any atom is -0.383 e. The average molecular weight is 410 g/mol. The molecule has 3 rings (SSSR count). The molecule has 0 atom stereocenters. The van der Waals surface area contributed by atoms with Gasteiger partial charge in [0, 0.05) is 19.2 Å². The molecule has 8 heteroatoms. The van der Waals surface area contributed by atoms with E-state index >= 15 is 0 Å². The number of nitriles is 1. The van der Waals surface area contributed by atoms with Gasteiger partial charge in [-0.3, -0.25) is 14.5 Å². The summed E-state index contributed by atoms with van der Waals surface area (Å²) in [5, 5.41) is 9.87. The molecule has 7 nitrogen and oxygen atoms in total. The van der Waals surface area contributed by atoms with Crippen LogP contribution in [-0.2, 0) is 16.0 Å². The summed E-state index contributed by atoms with van der Waals surface area (Å²) >= 11 is 1.47. The molecule has 1 N–H and O–H groups in total. The molecule has 0 saturated heterocycles. The number of fused-ring (bicyclic) bond motifs is 1. The van der Waals surface area contributed by atoms with E-state index in [-0.39, 0.29) is 17.9 Å². The van der Waals surface area contributed by atoms with Crippen LogP contribution in [0.5, 0.6) is 0 Å². The van der Waals surface area contributed by atoms with Crippen molar-refractivity contribution < 1.29 is 9.53 Å². The lowest BCUT2D eigenvalue weighted by Gasteiger charge is -2.20. The third-order valence-corrected chi connectivity index (χ3v) is 5.90. The number of aryl methyl sites for hydroxylation is 1. The number of anilines is 1. The fourth-order valence-corrected chi connectivity index (χ4v) is 4.28. The monoisotopic (exact) mass is 410 g/mol. The minimum atomic E-state index is -0.395. The summed E-state index contributed by atoms with van der Waals surface area (Å²) in [7, 11) is 1.59. The van der Waals surface area contributed by atoms with Crippen LogP contribution in [0, 0.1) is 25.2 Å². The predicted octanol–water partition coefficient (Wildman–Crippen LogP) is 3.09. The molecular formula is C21H22N4O3S. The topological polar surface area (TPSA) is 99.1 Å². The van der Waals surface area contributed by atoms with E-state index in [0.29, 0.717) is 36.0 Å². The molecule has 0 aliphatic rings. The Kier molecular flexibility index (Phi) is 6.42. The Morgan fingerprint density at radius 1 is 1.34 bits per heavy atom. The van der Waals surface area contributed by atoms with Gasteiger partial charge in [-0.2, -0.15) is 5.26 Å². The largest absolute Gasteiger partial charge is 0.383 e. The molecule has 2 aromatic heterocycles. The van der Waals surface area contributed by atoms with E-state index < -0.39 is 5.56 Å². The van der Waals surface area contributed by atoms with Crippen molar-refractivity contribution in [3.8, 4) is 6.07 Å². The van der Waals surface area contributed by atoms with Gasteiger partial charge in [0.25, 0.3) is 5.56 Å². The molecule has 1 amide bonds. The first-order valence-corrected chi connectivity index (χ1v) is 10.0. The molecule has 150 valence electrons. The molecule has 0 bridgehead atoms. The molecule has 1 aromatic carbocycles. The second-order valence-corrected chi connectivity index (χ2v) is 7.68. The molecule has 0 fully saturated rings. The summed E-state index contributed by atoms with van der Waals surface area (Å²) in [6.07, 6.45) is 0.661. The first-order chi connectivity index (χ1) is 14.0. The second-order valence-electron chi connectivity index (χ2n) is 6.67. The number of rotatable bonds is 7. The molecule has 29 heavy (non-hydrogen) atoms. The first kappa shape index (κ1) is 20.7. The summed E-state index contributed by atoms with van der Waals surface area (Å²) in [5.74, 6) is -0.0791. The number of methoxy groups -OCH3 is 1. The van der Waals surface area contributed by atoms with Gasteiger partial charge in [-0.15, -0.1) is 0 Å². The Bertz CT molecular complexity index is 1110. The number of ether oxygens (including phenoxy) is 1. The summed E-state index contributed by atoms with van der Waals surface area (Å²) in [6, 6.07) is 9.71. The number of amides is 1. The zero-order valence-electron chi connectivity index (χ0n) is 16.6. The Morgan fingerprint density at radius 3 is 2.79 bits per heavy atom. The highest BCUT2D eigenvalue weighted by molar-refractivity contribution is 7.22. The number of nitrogens with one attached hydrogen (secondary N) is 1. The number of benzene rings is 1. The third-order valence-electron chi connectivity index (χ3n) is 4.84.